The second-order valence-electron chi connectivity index (χ2n) is 6.70. The first-order valence-corrected chi connectivity index (χ1v) is 10.4. The standard InChI is InChI=1S/C18H25NO4S/c20-18(16-8-12-23-13-9-16)19-10-6-17(7-11-19)24(21,22)14-15-4-2-1-3-5-15/h1-5,16-17H,6-14H2. The Morgan fingerprint density at radius 3 is 2.29 bits per heavy atom. The molecule has 2 heterocycles. The Balaban J connectivity index is 1.55. The molecule has 2 aliphatic heterocycles. The highest BCUT2D eigenvalue weighted by Gasteiger charge is 2.34. The van der Waals surface area contributed by atoms with Gasteiger partial charge in [0.25, 0.3) is 0 Å². The molecule has 6 heteroatoms. The van der Waals surface area contributed by atoms with Crippen molar-refractivity contribution >= 4 is 15.7 Å². The van der Waals surface area contributed by atoms with Crippen LogP contribution < -0.4 is 0 Å². The molecule has 0 spiro atoms. The zero-order valence-electron chi connectivity index (χ0n) is 13.9. The summed E-state index contributed by atoms with van der Waals surface area (Å²) < 4.78 is 30.5. The maximum atomic E-state index is 12.6. The number of hydrogen-bond donors (Lipinski definition) is 0. The molecular weight excluding hydrogens is 326 g/mol. The summed E-state index contributed by atoms with van der Waals surface area (Å²) >= 11 is 0. The van der Waals surface area contributed by atoms with Crippen LogP contribution in [0.15, 0.2) is 30.3 Å². The number of amides is 1. The third kappa shape index (κ3) is 4.16. The quantitative estimate of drug-likeness (QED) is 0.832. The Morgan fingerprint density at radius 1 is 1.04 bits per heavy atom. The molecule has 2 saturated heterocycles. The van der Waals surface area contributed by atoms with Crippen LogP contribution in [0.3, 0.4) is 0 Å². The van der Waals surface area contributed by atoms with Crippen molar-refractivity contribution in [2.45, 2.75) is 36.7 Å². The van der Waals surface area contributed by atoms with E-state index in [-0.39, 0.29) is 22.8 Å². The van der Waals surface area contributed by atoms with Gasteiger partial charge in [-0.05, 0) is 31.2 Å². The first-order valence-electron chi connectivity index (χ1n) is 8.68. The van der Waals surface area contributed by atoms with Crippen LogP contribution >= 0.6 is 0 Å². The highest BCUT2D eigenvalue weighted by molar-refractivity contribution is 7.91. The fourth-order valence-electron chi connectivity index (χ4n) is 3.56. The Labute approximate surface area is 143 Å². The van der Waals surface area contributed by atoms with Gasteiger partial charge in [-0.15, -0.1) is 0 Å². The summed E-state index contributed by atoms with van der Waals surface area (Å²) in [4.78, 5) is 14.4. The number of sulfone groups is 1. The summed E-state index contributed by atoms with van der Waals surface area (Å²) in [5, 5.41) is -0.337. The van der Waals surface area contributed by atoms with E-state index in [0.29, 0.717) is 39.1 Å². The maximum Gasteiger partial charge on any atom is 0.225 e. The predicted octanol–water partition coefficient (Wildman–Crippen LogP) is 2.02. The molecule has 0 atom stereocenters. The van der Waals surface area contributed by atoms with E-state index < -0.39 is 9.84 Å². The highest BCUT2D eigenvalue weighted by atomic mass is 32.2. The molecule has 0 aliphatic carbocycles. The van der Waals surface area contributed by atoms with Gasteiger partial charge in [0, 0.05) is 32.2 Å². The van der Waals surface area contributed by atoms with E-state index in [0.717, 1.165) is 18.4 Å². The number of hydrogen-bond acceptors (Lipinski definition) is 4. The first-order chi connectivity index (χ1) is 11.6. The lowest BCUT2D eigenvalue weighted by Crippen LogP contribution is -2.46. The van der Waals surface area contributed by atoms with E-state index >= 15 is 0 Å². The lowest BCUT2D eigenvalue weighted by Gasteiger charge is -2.35. The van der Waals surface area contributed by atoms with Crippen molar-refractivity contribution in [3.8, 4) is 0 Å². The molecule has 0 radical (unpaired) electrons. The lowest BCUT2D eigenvalue weighted by atomic mass is 9.97. The molecule has 0 N–H and O–H groups in total. The number of benzene rings is 1. The van der Waals surface area contributed by atoms with Crippen molar-refractivity contribution in [3.63, 3.8) is 0 Å². The summed E-state index contributed by atoms with van der Waals surface area (Å²) in [5.41, 5.74) is 0.832. The van der Waals surface area contributed by atoms with Gasteiger partial charge in [-0.2, -0.15) is 0 Å². The number of piperidine rings is 1. The van der Waals surface area contributed by atoms with E-state index in [2.05, 4.69) is 0 Å². The van der Waals surface area contributed by atoms with Gasteiger partial charge in [-0.1, -0.05) is 30.3 Å². The Bertz CT molecular complexity index is 645. The van der Waals surface area contributed by atoms with Gasteiger partial charge in [0.1, 0.15) is 0 Å². The molecule has 3 rings (SSSR count). The van der Waals surface area contributed by atoms with Crippen molar-refractivity contribution in [1.29, 1.82) is 0 Å². The van der Waals surface area contributed by atoms with Crippen molar-refractivity contribution in [2.24, 2.45) is 5.92 Å². The second-order valence-corrected chi connectivity index (χ2v) is 8.99. The molecule has 5 nitrogen and oxygen atoms in total. The zero-order chi connectivity index (χ0) is 17.0. The van der Waals surface area contributed by atoms with Gasteiger partial charge >= 0.3 is 0 Å². The summed E-state index contributed by atoms with van der Waals surface area (Å²) in [5.74, 6) is 0.320. The van der Waals surface area contributed by atoms with E-state index in [1.54, 1.807) is 0 Å². The second kappa shape index (κ2) is 7.66. The fraction of sp³-hybridized carbons (Fsp3) is 0.611. The molecule has 2 fully saturated rings. The number of likely N-dealkylation sites (tertiary alicyclic amines) is 1. The Kier molecular flexibility index (Phi) is 5.56. The van der Waals surface area contributed by atoms with Crippen molar-refractivity contribution in [3.05, 3.63) is 35.9 Å². The lowest BCUT2D eigenvalue weighted by molar-refractivity contribution is -0.139. The molecule has 0 bridgehead atoms. The molecule has 24 heavy (non-hydrogen) atoms. The van der Waals surface area contributed by atoms with Crippen LogP contribution in [0.1, 0.15) is 31.2 Å². The highest BCUT2D eigenvalue weighted by Crippen LogP contribution is 2.24. The van der Waals surface area contributed by atoms with Crippen molar-refractivity contribution < 1.29 is 17.9 Å². The van der Waals surface area contributed by atoms with E-state index in [9.17, 15) is 13.2 Å². The van der Waals surface area contributed by atoms with E-state index in [4.69, 9.17) is 4.74 Å². The minimum atomic E-state index is -3.17. The molecule has 1 aromatic rings. The van der Waals surface area contributed by atoms with Gasteiger partial charge in [-0.25, -0.2) is 8.42 Å². The van der Waals surface area contributed by atoms with Crippen LogP contribution in [0.25, 0.3) is 0 Å². The van der Waals surface area contributed by atoms with E-state index in [1.807, 2.05) is 35.2 Å². The van der Waals surface area contributed by atoms with Crippen LogP contribution in [-0.2, 0) is 25.1 Å². The summed E-state index contributed by atoms with van der Waals surface area (Å²) in [6.45, 7) is 2.40. The third-order valence-electron chi connectivity index (χ3n) is 5.04. The van der Waals surface area contributed by atoms with Gasteiger partial charge in [0.2, 0.25) is 5.91 Å². The Hall–Kier alpha value is -1.40. The monoisotopic (exact) mass is 351 g/mol. The van der Waals surface area contributed by atoms with Crippen LogP contribution in [0.2, 0.25) is 0 Å². The topological polar surface area (TPSA) is 63.7 Å². The number of nitrogens with zero attached hydrogens (tertiary/aromatic N) is 1. The van der Waals surface area contributed by atoms with Crippen molar-refractivity contribution in [1.82, 2.24) is 4.90 Å². The smallest absolute Gasteiger partial charge is 0.225 e. The Morgan fingerprint density at radius 2 is 1.67 bits per heavy atom. The molecule has 2 aliphatic rings. The minimum Gasteiger partial charge on any atom is -0.381 e. The molecule has 132 valence electrons. The summed E-state index contributed by atoms with van der Waals surface area (Å²) in [7, 11) is -3.17. The number of ether oxygens (including phenoxy) is 1. The molecule has 1 aromatic carbocycles. The maximum absolute atomic E-state index is 12.6. The molecule has 1 amide bonds. The normalized spacial score (nSPS) is 20.9. The van der Waals surface area contributed by atoms with Gasteiger partial charge in [-0.3, -0.25) is 4.79 Å². The van der Waals surface area contributed by atoms with Gasteiger partial charge in [0.15, 0.2) is 9.84 Å². The molecule has 0 unspecified atom stereocenters. The van der Waals surface area contributed by atoms with E-state index in [1.165, 1.54) is 0 Å². The number of rotatable bonds is 4. The van der Waals surface area contributed by atoms with Crippen LogP contribution in [0, 0.1) is 5.92 Å². The van der Waals surface area contributed by atoms with Crippen LogP contribution in [0.4, 0.5) is 0 Å². The minimum absolute atomic E-state index is 0.0521. The van der Waals surface area contributed by atoms with Gasteiger partial charge in [0.05, 0.1) is 11.0 Å². The number of carbonyl (C=O) groups excluding carboxylic acids is 1. The average molecular weight is 351 g/mol. The number of carbonyl (C=O) groups is 1. The third-order valence-corrected chi connectivity index (χ3v) is 7.27. The van der Waals surface area contributed by atoms with Crippen LogP contribution in [-0.4, -0.2) is 50.8 Å². The SMILES string of the molecule is O=C(C1CCOCC1)N1CCC(S(=O)(=O)Cc2ccccc2)CC1. The van der Waals surface area contributed by atoms with Crippen molar-refractivity contribution in [2.75, 3.05) is 26.3 Å². The molecule has 0 saturated carbocycles. The van der Waals surface area contributed by atoms with Crippen LogP contribution in [0.5, 0.6) is 0 Å². The fourth-order valence-corrected chi connectivity index (χ4v) is 5.38. The summed E-state index contributed by atoms with van der Waals surface area (Å²) in [6, 6.07) is 9.30. The molecule has 0 aromatic heterocycles. The average Bonchev–Trinajstić information content (AvgIpc) is 2.62. The zero-order valence-corrected chi connectivity index (χ0v) is 14.7. The first kappa shape index (κ1) is 17.4. The largest absolute Gasteiger partial charge is 0.381 e. The van der Waals surface area contributed by atoms with Gasteiger partial charge < -0.3 is 9.64 Å². The predicted molar refractivity (Wildman–Crippen MR) is 92.2 cm³/mol. The summed E-state index contributed by atoms with van der Waals surface area (Å²) in [6.07, 6.45) is 2.66. The molecular formula is C18H25NO4S.